The Morgan fingerprint density at radius 3 is 2.33 bits per heavy atom. The fourth-order valence-electron chi connectivity index (χ4n) is 2.26. The molecule has 1 rings (SSSR count). The zero-order valence-electron chi connectivity index (χ0n) is 13.0. The third-order valence-electron chi connectivity index (χ3n) is 4.28. The van der Waals surface area contributed by atoms with E-state index in [1.54, 1.807) is 0 Å². The Morgan fingerprint density at radius 1 is 1.22 bits per heavy atom. The van der Waals surface area contributed by atoms with Gasteiger partial charge in [-0.25, -0.2) is 0 Å². The first kappa shape index (κ1) is 15.2. The second-order valence-electron chi connectivity index (χ2n) is 6.02. The van der Waals surface area contributed by atoms with Gasteiger partial charge in [0.2, 0.25) is 0 Å². The van der Waals surface area contributed by atoms with Crippen LogP contribution in [0.1, 0.15) is 30.5 Å². The lowest BCUT2D eigenvalue weighted by molar-refractivity contribution is 0.141. The molecule has 0 heterocycles. The minimum atomic E-state index is 0.130. The molecule has 0 aliphatic carbocycles. The lowest BCUT2D eigenvalue weighted by Gasteiger charge is -2.40. The first-order valence-corrected chi connectivity index (χ1v) is 6.70. The normalized spacial score (nSPS) is 14.0. The first-order chi connectivity index (χ1) is 8.28. The summed E-state index contributed by atoms with van der Waals surface area (Å²) in [6.07, 6.45) is 1.06. The molecule has 1 N–H and O–H groups in total. The van der Waals surface area contributed by atoms with Gasteiger partial charge in [-0.3, -0.25) is 0 Å². The van der Waals surface area contributed by atoms with Crippen molar-refractivity contribution in [3.63, 3.8) is 0 Å². The summed E-state index contributed by atoms with van der Waals surface area (Å²) < 4.78 is 0. The van der Waals surface area contributed by atoms with E-state index in [4.69, 9.17) is 0 Å². The molecule has 18 heavy (non-hydrogen) atoms. The van der Waals surface area contributed by atoms with Crippen molar-refractivity contribution >= 4 is 0 Å². The lowest BCUT2D eigenvalue weighted by atomic mass is 9.86. The van der Waals surface area contributed by atoms with E-state index in [2.05, 4.69) is 77.3 Å². The average molecular weight is 248 g/mol. The lowest BCUT2D eigenvalue weighted by Crippen LogP contribution is -2.55. The van der Waals surface area contributed by atoms with Crippen LogP contribution in [0.3, 0.4) is 0 Å². The van der Waals surface area contributed by atoms with Crippen LogP contribution < -0.4 is 5.32 Å². The molecule has 0 radical (unpaired) electrons. The van der Waals surface area contributed by atoms with Gasteiger partial charge < -0.3 is 10.2 Å². The predicted molar refractivity (Wildman–Crippen MR) is 80.2 cm³/mol. The van der Waals surface area contributed by atoms with Gasteiger partial charge in [0.05, 0.1) is 0 Å². The summed E-state index contributed by atoms with van der Waals surface area (Å²) in [5.74, 6) is 0. The molecular formula is C16H28N2. The molecule has 2 heteroatoms. The Bertz CT molecular complexity index is 394. The van der Waals surface area contributed by atoms with Crippen molar-refractivity contribution in [2.45, 2.75) is 45.7 Å². The Morgan fingerprint density at radius 2 is 1.83 bits per heavy atom. The van der Waals surface area contributed by atoms with Crippen molar-refractivity contribution in [3.05, 3.63) is 34.9 Å². The molecule has 1 aromatic rings. The van der Waals surface area contributed by atoms with Gasteiger partial charge in [0.1, 0.15) is 0 Å². The van der Waals surface area contributed by atoms with E-state index in [9.17, 15) is 0 Å². The van der Waals surface area contributed by atoms with E-state index < -0.39 is 0 Å². The maximum Gasteiger partial charge on any atom is 0.0303 e. The van der Waals surface area contributed by atoms with Crippen molar-refractivity contribution in [1.82, 2.24) is 10.2 Å². The summed E-state index contributed by atoms with van der Waals surface area (Å²) in [6, 6.07) is 7.16. The molecule has 0 saturated heterocycles. The molecule has 2 nitrogen and oxygen atoms in total. The van der Waals surface area contributed by atoms with Gasteiger partial charge in [-0.15, -0.1) is 0 Å². The van der Waals surface area contributed by atoms with E-state index >= 15 is 0 Å². The van der Waals surface area contributed by atoms with Gasteiger partial charge >= 0.3 is 0 Å². The van der Waals surface area contributed by atoms with Crippen molar-refractivity contribution in [2.24, 2.45) is 0 Å². The number of hydrogen-bond donors (Lipinski definition) is 1. The standard InChI is InChI=1S/C16H28N2/c1-12-8-9-13(2)14(10-12)11-15(17-5)16(3,4)18(6)7/h8-10,15,17H,11H2,1-7H3. The highest BCUT2D eigenvalue weighted by molar-refractivity contribution is 5.31. The topological polar surface area (TPSA) is 15.3 Å². The fraction of sp³-hybridized carbons (Fsp3) is 0.625. The quantitative estimate of drug-likeness (QED) is 0.862. The maximum atomic E-state index is 3.48. The van der Waals surface area contributed by atoms with Crippen molar-refractivity contribution in [2.75, 3.05) is 21.1 Å². The van der Waals surface area contributed by atoms with Gasteiger partial charge in [-0.2, -0.15) is 0 Å². The zero-order chi connectivity index (χ0) is 13.9. The molecule has 0 fully saturated rings. The number of aryl methyl sites for hydroxylation is 2. The van der Waals surface area contributed by atoms with Gasteiger partial charge in [0, 0.05) is 11.6 Å². The summed E-state index contributed by atoms with van der Waals surface area (Å²) >= 11 is 0. The van der Waals surface area contributed by atoms with Crippen molar-refractivity contribution < 1.29 is 0 Å². The molecule has 1 atom stereocenters. The zero-order valence-corrected chi connectivity index (χ0v) is 13.0. The Hall–Kier alpha value is -0.860. The largest absolute Gasteiger partial charge is 0.315 e. The Kier molecular flexibility index (Phi) is 4.94. The number of benzene rings is 1. The minimum Gasteiger partial charge on any atom is -0.315 e. The van der Waals surface area contributed by atoms with E-state index in [-0.39, 0.29) is 5.54 Å². The fourth-order valence-corrected chi connectivity index (χ4v) is 2.26. The third kappa shape index (κ3) is 3.33. The molecule has 0 saturated carbocycles. The number of rotatable bonds is 5. The molecule has 1 unspecified atom stereocenters. The van der Waals surface area contributed by atoms with Crippen LogP contribution in [-0.4, -0.2) is 37.6 Å². The Labute approximate surface area is 112 Å². The van der Waals surface area contributed by atoms with E-state index in [0.717, 1.165) is 6.42 Å². The average Bonchev–Trinajstić information content (AvgIpc) is 2.29. The highest BCUT2D eigenvalue weighted by Crippen LogP contribution is 2.21. The SMILES string of the molecule is CNC(Cc1cc(C)ccc1C)C(C)(C)N(C)C. The summed E-state index contributed by atoms with van der Waals surface area (Å²) in [5.41, 5.74) is 4.30. The number of nitrogens with one attached hydrogen (secondary N) is 1. The maximum absolute atomic E-state index is 3.48. The van der Waals surface area contributed by atoms with Crippen LogP contribution >= 0.6 is 0 Å². The molecule has 0 aliphatic heterocycles. The second-order valence-corrected chi connectivity index (χ2v) is 6.02. The molecule has 102 valence electrons. The van der Waals surface area contributed by atoms with Gasteiger partial charge in [-0.1, -0.05) is 23.8 Å². The first-order valence-electron chi connectivity index (χ1n) is 6.70. The van der Waals surface area contributed by atoms with Gasteiger partial charge in [-0.05, 0) is 66.4 Å². The number of likely N-dealkylation sites (N-methyl/N-ethyl adjacent to an activating group) is 2. The number of nitrogens with zero attached hydrogens (tertiary/aromatic N) is 1. The van der Waals surface area contributed by atoms with Crippen molar-refractivity contribution in [1.29, 1.82) is 0 Å². The van der Waals surface area contributed by atoms with Crippen LogP contribution in [0, 0.1) is 13.8 Å². The second kappa shape index (κ2) is 5.85. The minimum absolute atomic E-state index is 0.130. The summed E-state index contributed by atoms with van der Waals surface area (Å²) in [6.45, 7) is 8.94. The predicted octanol–water partition coefficient (Wildman–Crippen LogP) is 2.77. The summed E-state index contributed by atoms with van der Waals surface area (Å²) in [4.78, 5) is 2.29. The van der Waals surface area contributed by atoms with Crippen LogP contribution in [0.4, 0.5) is 0 Å². The summed E-state index contributed by atoms with van der Waals surface area (Å²) in [5, 5.41) is 3.48. The molecular weight excluding hydrogens is 220 g/mol. The van der Waals surface area contributed by atoms with Gasteiger partial charge in [0.15, 0.2) is 0 Å². The molecule has 0 aliphatic rings. The van der Waals surface area contributed by atoms with Crippen LogP contribution in [0.15, 0.2) is 18.2 Å². The third-order valence-corrected chi connectivity index (χ3v) is 4.28. The van der Waals surface area contributed by atoms with Crippen molar-refractivity contribution in [3.8, 4) is 0 Å². The molecule has 0 amide bonds. The van der Waals surface area contributed by atoms with Crippen LogP contribution in [-0.2, 0) is 6.42 Å². The van der Waals surface area contributed by atoms with Crippen LogP contribution in [0.5, 0.6) is 0 Å². The smallest absolute Gasteiger partial charge is 0.0303 e. The molecule has 0 bridgehead atoms. The molecule has 1 aromatic carbocycles. The summed E-state index contributed by atoms with van der Waals surface area (Å²) in [7, 11) is 6.35. The highest BCUT2D eigenvalue weighted by atomic mass is 15.2. The van der Waals surface area contributed by atoms with Crippen LogP contribution in [0.25, 0.3) is 0 Å². The van der Waals surface area contributed by atoms with Gasteiger partial charge in [0.25, 0.3) is 0 Å². The number of hydrogen-bond acceptors (Lipinski definition) is 2. The highest BCUT2D eigenvalue weighted by Gasteiger charge is 2.30. The molecule has 0 spiro atoms. The Balaban J connectivity index is 2.96. The van der Waals surface area contributed by atoms with E-state index in [1.807, 2.05) is 0 Å². The van der Waals surface area contributed by atoms with Crippen LogP contribution in [0.2, 0.25) is 0 Å². The van der Waals surface area contributed by atoms with E-state index in [0.29, 0.717) is 6.04 Å². The monoisotopic (exact) mass is 248 g/mol. The van der Waals surface area contributed by atoms with E-state index in [1.165, 1.54) is 16.7 Å². The molecule has 0 aromatic heterocycles.